The van der Waals surface area contributed by atoms with E-state index in [2.05, 4.69) is 14.8 Å². The summed E-state index contributed by atoms with van der Waals surface area (Å²) in [6.45, 7) is 8.14. The minimum Gasteiger partial charge on any atom is -0.378 e. The molecule has 1 aromatic carbocycles. The molecule has 0 unspecified atom stereocenters. The number of hydrogen-bond acceptors (Lipinski definition) is 5. The molecule has 2 saturated heterocycles. The summed E-state index contributed by atoms with van der Waals surface area (Å²) in [4.78, 5) is 24.3. The van der Waals surface area contributed by atoms with Gasteiger partial charge in [0.15, 0.2) is 0 Å². The Morgan fingerprint density at radius 3 is 2.37 bits per heavy atom. The minimum atomic E-state index is 0.119. The molecule has 0 saturated carbocycles. The average molecular weight is 366 g/mol. The number of morpholine rings is 1. The number of aromatic nitrogens is 1. The molecule has 0 aliphatic carbocycles. The predicted molar refractivity (Wildman–Crippen MR) is 107 cm³/mol. The Labute approximate surface area is 160 Å². The topological polar surface area (TPSA) is 48.9 Å². The summed E-state index contributed by atoms with van der Waals surface area (Å²) in [5.41, 5.74) is 2.83. The van der Waals surface area contributed by atoms with Gasteiger partial charge in [0, 0.05) is 50.6 Å². The van der Waals surface area contributed by atoms with Crippen molar-refractivity contribution in [2.24, 2.45) is 0 Å². The predicted octanol–water partition coefficient (Wildman–Crippen LogP) is 2.19. The van der Waals surface area contributed by atoms with Crippen LogP contribution in [0.4, 0.5) is 11.5 Å². The number of aryl methyl sites for hydroxylation is 1. The van der Waals surface area contributed by atoms with Crippen molar-refractivity contribution in [3.05, 3.63) is 53.7 Å². The van der Waals surface area contributed by atoms with E-state index in [1.807, 2.05) is 54.3 Å². The molecule has 4 rings (SSSR count). The van der Waals surface area contributed by atoms with Crippen molar-refractivity contribution in [2.45, 2.75) is 6.92 Å². The van der Waals surface area contributed by atoms with Crippen LogP contribution in [0.2, 0.25) is 0 Å². The van der Waals surface area contributed by atoms with Crippen molar-refractivity contribution < 1.29 is 9.53 Å². The van der Waals surface area contributed by atoms with Crippen molar-refractivity contribution in [2.75, 3.05) is 62.3 Å². The minimum absolute atomic E-state index is 0.119. The maximum absolute atomic E-state index is 13.2. The Morgan fingerprint density at radius 2 is 1.63 bits per heavy atom. The summed E-state index contributed by atoms with van der Waals surface area (Å²) >= 11 is 0. The first kappa shape index (κ1) is 17.8. The van der Waals surface area contributed by atoms with Crippen LogP contribution in [0.25, 0.3) is 0 Å². The molecule has 1 aromatic heterocycles. The number of benzene rings is 1. The molecule has 6 heteroatoms. The van der Waals surface area contributed by atoms with Gasteiger partial charge in [-0.3, -0.25) is 4.79 Å². The number of piperazine rings is 1. The third kappa shape index (κ3) is 3.90. The summed E-state index contributed by atoms with van der Waals surface area (Å²) in [7, 11) is 0. The molecule has 0 N–H and O–H groups in total. The van der Waals surface area contributed by atoms with Gasteiger partial charge in [-0.2, -0.15) is 0 Å². The maximum atomic E-state index is 13.2. The van der Waals surface area contributed by atoms with Crippen molar-refractivity contribution in [3.8, 4) is 0 Å². The number of para-hydroxylation sites is 1. The van der Waals surface area contributed by atoms with Gasteiger partial charge in [-0.05, 0) is 31.2 Å². The number of carbonyl (C=O) groups is 1. The van der Waals surface area contributed by atoms with Gasteiger partial charge in [0.2, 0.25) is 0 Å². The van der Waals surface area contributed by atoms with Crippen LogP contribution in [0.5, 0.6) is 0 Å². The maximum Gasteiger partial charge on any atom is 0.256 e. The number of carbonyl (C=O) groups excluding carboxylic acids is 1. The number of anilines is 2. The molecular weight excluding hydrogens is 340 g/mol. The SMILES string of the molecule is Cc1cccc(N2CCN(C(=O)c3ccccc3N3CCOCC3)CC2)n1. The number of nitrogens with zero attached hydrogens (tertiary/aromatic N) is 4. The van der Waals surface area contributed by atoms with Crippen LogP contribution in [-0.4, -0.2) is 68.3 Å². The largest absolute Gasteiger partial charge is 0.378 e. The first-order valence-electron chi connectivity index (χ1n) is 9.62. The van der Waals surface area contributed by atoms with E-state index in [-0.39, 0.29) is 5.91 Å². The number of hydrogen-bond donors (Lipinski definition) is 0. The molecule has 1 amide bonds. The second-order valence-electron chi connectivity index (χ2n) is 7.03. The quantitative estimate of drug-likeness (QED) is 0.833. The molecule has 6 nitrogen and oxygen atoms in total. The second kappa shape index (κ2) is 7.96. The van der Waals surface area contributed by atoms with Crippen LogP contribution < -0.4 is 9.80 Å². The van der Waals surface area contributed by atoms with Crippen LogP contribution in [0.15, 0.2) is 42.5 Å². The second-order valence-corrected chi connectivity index (χ2v) is 7.03. The van der Waals surface area contributed by atoms with Crippen LogP contribution in [0.3, 0.4) is 0 Å². The molecular formula is C21H26N4O2. The van der Waals surface area contributed by atoms with E-state index in [0.29, 0.717) is 26.3 Å². The highest BCUT2D eigenvalue weighted by molar-refractivity contribution is 6.00. The van der Waals surface area contributed by atoms with E-state index < -0.39 is 0 Å². The standard InChI is InChI=1S/C21H26N4O2/c1-17-5-4-8-20(22-17)24-9-11-25(12-10-24)21(26)18-6-2-3-7-19(18)23-13-15-27-16-14-23/h2-8H,9-16H2,1H3. The lowest BCUT2D eigenvalue weighted by molar-refractivity contribution is 0.0746. The Kier molecular flexibility index (Phi) is 5.25. The van der Waals surface area contributed by atoms with Gasteiger partial charge in [-0.1, -0.05) is 18.2 Å². The van der Waals surface area contributed by atoms with E-state index in [4.69, 9.17) is 4.74 Å². The lowest BCUT2D eigenvalue weighted by Gasteiger charge is -2.36. The monoisotopic (exact) mass is 366 g/mol. The van der Waals surface area contributed by atoms with E-state index >= 15 is 0 Å². The molecule has 142 valence electrons. The number of ether oxygens (including phenoxy) is 1. The third-order valence-electron chi connectivity index (χ3n) is 5.25. The summed E-state index contributed by atoms with van der Waals surface area (Å²) in [6.07, 6.45) is 0. The molecule has 2 aliphatic heterocycles. The smallest absolute Gasteiger partial charge is 0.256 e. The fourth-order valence-corrected chi connectivity index (χ4v) is 3.75. The first-order chi connectivity index (χ1) is 13.2. The van der Waals surface area contributed by atoms with E-state index in [0.717, 1.165) is 48.9 Å². The molecule has 0 bridgehead atoms. The molecule has 0 atom stereocenters. The fourth-order valence-electron chi connectivity index (χ4n) is 3.75. The van der Waals surface area contributed by atoms with Crippen molar-refractivity contribution >= 4 is 17.4 Å². The van der Waals surface area contributed by atoms with E-state index in [1.165, 1.54) is 0 Å². The van der Waals surface area contributed by atoms with Crippen molar-refractivity contribution in [3.63, 3.8) is 0 Å². The van der Waals surface area contributed by atoms with Gasteiger partial charge in [0.1, 0.15) is 5.82 Å². The molecule has 2 aliphatic rings. The lowest BCUT2D eigenvalue weighted by Crippen LogP contribution is -2.49. The van der Waals surface area contributed by atoms with Crippen LogP contribution >= 0.6 is 0 Å². The Bertz CT molecular complexity index is 796. The van der Waals surface area contributed by atoms with Gasteiger partial charge in [-0.25, -0.2) is 4.98 Å². The highest BCUT2D eigenvalue weighted by atomic mass is 16.5. The van der Waals surface area contributed by atoms with Crippen molar-refractivity contribution in [1.82, 2.24) is 9.88 Å². The van der Waals surface area contributed by atoms with E-state index in [1.54, 1.807) is 0 Å². The Morgan fingerprint density at radius 1 is 0.889 bits per heavy atom. The summed E-state index contributed by atoms with van der Waals surface area (Å²) < 4.78 is 5.45. The third-order valence-corrected chi connectivity index (χ3v) is 5.25. The Balaban J connectivity index is 1.45. The zero-order valence-electron chi connectivity index (χ0n) is 15.8. The van der Waals surface area contributed by atoms with Gasteiger partial charge in [-0.15, -0.1) is 0 Å². The average Bonchev–Trinajstić information content (AvgIpc) is 2.74. The van der Waals surface area contributed by atoms with Crippen molar-refractivity contribution in [1.29, 1.82) is 0 Å². The van der Waals surface area contributed by atoms with Gasteiger partial charge < -0.3 is 19.4 Å². The fraction of sp³-hybridized carbons (Fsp3) is 0.429. The number of rotatable bonds is 3. The van der Waals surface area contributed by atoms with Gasteiger partial charge in [0.25, 0.3) is 5.91 Å². The highest BCUT2D eigenvalue weighted by Gasteiger charge is 2.26. The van der Waals surface area contributed by atoms with Gasteiger partial charge >= 0.3 is 0 Å². The molecule has 2 aromatic rings. The molecule has 3 heterocycles. The summed E-state index contributed by atoms with van der Waals surface area (Å²) in [6, 6.07) is 14.0. The Hall–Kier alpha value is -2.60. The zero-order chi connectivity index (χ0) is 18.6. The molecule has 27 heavy (non-hydrogen) atoms. The number of amides is 1. The molecule has 0 spiro atoms. The lowest BCUT2D eigenvalue weighted by atomic mass is 10.1. The number of pyridine rings is 1. The normalized spacial score (nSPS) is 17.9. The zero-order valence-corrected chi connectivity index (χ0v) is 15.8. The molecule has 2 fully saturated rings. The first-order valence-corrected chi connectivity index (χ1v) is 9.62. The van der Waals surface area contributed by atoms with Crippen LogP contribution in [-0.2, 0) is 4.74 Å². The van der Waals surface area contributed by atoms with Crippen LogP contribution in [0.1, 0.15) is 16.1 Å². The van der Waals surface area contributed by atoms with Crippen LogP contribution in [0, 0.1) is 6.92 Å². The van der Waals surface area contributed by atoms with Gasteiger partial charge in [0.05, 0.1) is 18.8 Å². The summed E-state index contributed by atoms with van der Waals surface area (Å²) in [5, 5.41) is 0. The highest BCUT2D eigenvalue weighted by Crippen LogP contribution is 2.24. The molecule has 0 radical (unpaired) electrons. The van der Waals surface area contributed by atoms with E-state index in [9.17, 15) is 4.79 Å². The summed E-state index contributed by atoms with van der Waals surface area (Å²) in [5.74, 6) is 1.12.